The number of halogens is 1. The summed E-state index contributed by atoms with van der Waals surface area (Å²) in [5, 5.41) is 8.66. The lowest BCUT2D eigenvalue weighted by Gasteiger charge is -2.18. The number of benzene rings is 1. The minimum atomic E-state index is -1.27. The third-order valence-corrected chi connectivity index (χ3v) is 3.20. The van der Waals surface area contributed by atoms with Crippen LogP contribution in [-0.4, -0.2) is 29.9 Å². The Morgan fingerprint density at radius 1 is 1.13 bits per heavy atom. The van der Waals surface area contributed by atoms with Crippen LogP contribution in [0.5, 0.6) is 5.75 Å². The molecule has 0 bridgehead atoms. The number of carbonyl (C=O) groups excluding carboxylic acids is 1. The van der Waals surface area contributed by atoms with Crippen molar-refractivity contribution < 1.29 is 24.2 Å². The highest BCUT2D eigenvalue weighted by atomic mass is 35.5. The van der Waals surface area contributed by atoms with Crippen molar-refractivity contribution in [3.8, 4) is 5.75 Å². The Labute approximate surface area is 142 Å². The van der Waals surface area contributed by atoms with Gasteiger partial charge in [-0.2, -0.15) is 0 Å². The van der Waals surface area contributed by atoms with Crippen LogP contribution < -0.4 is 10.5 Å². The lowest BCUT2D eigenvalue weighted by atomic mass is 9.94. The maximum Gasteiger partial charge on any atom is 0.513 e. The second-order valence-corrected chi connectivity index (χ2v) is 5.68. The Morgan fingerprint density at radius 2 is 1.61 bits per heavy atom. The third kappa shape index (κ3) is 6.08. The average Bonchev–Trinajstić information content (AvgIpc) is 2.44. The van der Waals surface area contributed by atoms with Crippen molar-refractivity contribution in [2.45, 2.75) is 45.6 Å². The highest BCUT2D eigenvalue weighted by Crippen LogP contribution is 2.34. The van der Waals surface area contributed by atoms with E-state index in [1.165, 1.54) is 0 Å². The van der Waals surface area contributed by atoms with E-state index in [1.54, 1.807) is 0 Å². The van der Waals surface area contributed by atoms with Gasteiger partial charge in [-0.05, 0) is 23.0 Å². The number of rotatable bonds is 6. The molecule has 0 saturated carbocycles. The molecule has 0 saturated heterocycles. The monoisotopic (exact) mass is 345 g/mol. The van der Waals surface area contributed by atoms with Crippen LogP contribution in [0.4, 0.5) is 4.79 Å². The standard InChI is InChI=1S/C16H23NO5.ClH/c1-9(2)11-6-5-7-12(10(3)4)14(11)22-16(20)21-8-13(17)15(18)19;/h5-7,9-10,13H,8,17H2,1-4H3,(H,18,19);1H/t13-;/m0./s1. The second-order valence-electron chi connectivity index (χ2n) is 5.68. The van der Waals surface area contributed by atoms with Crippen molar-refractivity contribution in [1.29, 1.82) is 0 Å². The zero-order valence-electron chi connectivity index (χ0n) is 13.7. The van der Waals surface area contributed by atoms with Gasteiger partial charge in [0.2, 0.25) is 0 Å². The summed E-state index contributed by atoms with van der Waals surface area (Å²) in [7, 11) is 0. The number of carboxylic acids is 1. The summed E-state index contributed by atoms with van der Waals surface area (Å²) in [5.41, 5.74) is 7.07. The molecule has 0 aliphatic rings. The van der Waals surface area contributed by atoms with Gasteiger partial charge in [-0.25, -0.2) is 4.79 Å². The van der Waals surface area contributed by atoms with Crippen LogP contribution in [-0.2, 0) is 9.53 Å². The topological polar surface area (TPSA) is 98.9 Å². The number of nitrogens with two attached hydrogens (primary N) is 1. The fourth-order valence-electron chi connectivity index (χ4n) is 1.94. The molecule has 0 heterocycles. The van der Waals surface area contributed by atoms with Gasteiger partial charge in [-0.3, -0.25) is 4.79 Å². The minimum absolute atomic E-state index is 0. The van der Waals surface area contributed by atoms with Crippen molar-refractivity contribution in [2.24, 2.45) is 5.73 Å². The number of aliphatic carboxylic acids is 1. The number of hydrogen-bond donors (Lipinski definition) is 2. The predicted octanol–water partition coefficient (Wildman–Crippen LogP) is 3.28. The molecular weight excluding hydrogens is 322 g/mol. The van der Waals surface area contributed by atoms with E-state index in [-0.39, 0.29) is 24.2 Å². The Balaban J connectivity index is 0.00000484. The summed E-state index contributed by atoms with van der Waals surface area (Å²) < 4.78 is 10.1. The molecule has 0 amide bonds. The van der Waals surface area contributed by atoms with E-state index in [0.717, 1.165) is 11.1 Å². The van der Waals surface area contributed by atoms with Crippen LogP contribution >= 0.6 is 12.4 Å². The lowest BCUT2D eigenvalue weighted by molar-refractivity contribution is -0.139. The van der Waals surface area contributed by atoms with Crippen LogP contribution in [0.3, 0.4) is 0 Å². The van der Waals surface area contributed by atoms with Gasteiger partial charge in [0.05, 0.1) is 0 Å². The van der Waals surface area contributed by atoms with Gasteiger partial charge < -0.3 is 20.3 Å². The zero-order valence-corrected chi connectivity index (χ0v) is 14.6. The Kier molecular flexibility index (Phi) is 8.64. The lowest BCUT2D eigenvalue weighted by Crippen LogP contribution is -2.36. The third-order valence-electron chi connectivity index (χ3n) is 3.20. The summed E-state index contributed by atoms with van der Waals surface area (Å²) in [5.74, 6) is -0.426. The molecule has 3 N–H and O–H groups in total. The van der Waals surface area contributed by atoms with Crippen molar-refractivity contribution in [1.82, 2.24) is 0 Å². The van der Waals surface area contributed by atoms with Gasteiger partial charge in [0.15, 0.2) is 0 Å². The largest absolute Gasteiger partial charge is 0.513 e. The first-order valence-electron chi connectivity index (χ1n) is 7.19. The summed E-state index contributed by atoms with van der Waals surface area (Å²) in [4.78, 5) is 22.4. The zero-order chi connectivity index (χ0) is 16.9. The Hall–Kier alpha value is -1.79. The van der Waals surface area contributed by atoms with Gasteiger partial charge >= 0.3 is 12.1 Å². The Morgan fingerprint density at radius 3 is 2.00 bits per heavy atom. The number of para-hydroxylation sites is 1. The van der Waals surface area contributed by atoms with Crippen LogP contribution in [0.1, 0.15) is 50.7 Å². The first-order chi connectivity index (χ1) is 10.2. The van der Waals surface area contributed by atoms with E-state index in [4.69, 9.17) is 20.3 Å². The molecule has 0 aliphatic heterocycles. The average molecular weight is 346 g/mol. The van der Waals surface area contributed by atoms with Gasteiger partial charge in [0.25, 0.3) is 0 Å². The summed E-state index contributed by atoms with van der Waals surface area (Å²) in [6, 6.07) is 4.44. The summed E-state index contributed by atoms with van der Waals surface area (Å²) >= 11 is 0. The van der Waals surface area contributed by atoms with E-state index in [0.29, 0.717) is 5.75 Å². The van der Waals surface area contributed by atoms with Gasteiger partial charge in [0.1, 0.15) is 18.4 Å². The predicted molar refractivity (Wildman–Crippen MR) is 89.5 cm³/mol. The van der Waals surface area contributed by atoms with E-state index >= 15 is 0 Å². The van der Waals surface area contributed by atoms with Crippen LogP contribution in [0, 0.1) is 0 Å². The molecule has 0 unspecified atom stereocenters. The molecule has 1 aromatic rings. The van der Waals surface area contributed by atoms with Crippen LogP contribution in [0.15, 0.2) is 18.2 Å². The van der Waals surface area contributed by atoms with E-state index in [9.17, 15) is 9.59 Å². The smallest absolute Gasteiger partial charge is 0.480 e. The normalized spacial score (nSPS) is 11.8. The number of carboxylic acid groups (broad SMARTS) is 1. The fraction of sp³-hybridized carbons (Fsp3) is 0.500. The van der Waals surface area contributed by atoms with Crippen molar-refractivity contribution in [3.05, 3.63) is 29.3 Å². The fourth-order valence-corrected chi connectivity index (χ4v) is 1.94. The van der Waals surface area contributed by atoms with E-state index in [2.05, 4.69) is 0 Å². The number of carbonyl (C=O) groups is 2. The van der Waals surface area contributed by atoms with Crippen LogP contribution in [0.2, 0.25) is 0 Å². The van der Waals surface area contributed by atoms with Gasteiger partial charge in [-0.15, -0.1) is 12.4 Å². The van der Waals surface area contributed by atoms with Crippen molar-refractivity contribution in [2.75, 3.05) is 6.61 Å². The first kappa shape index (κ1) is 21.2. The minimum Gasteiger partial charge on any atom is -0.480 e. The molecule has 0 fully saturated rings. The molecule has 7 heteroatoms. The molecule has 0 spiro atoms. The van der Waals surface area contributed by atoms with E-state index in [1.807, 2.05) is 45.9 Å². The highest BCUT2D eigenvalue weighted by molar-refractivity contribution is 5.85. The van der Waals surface area contributed by atoms with Crippen LogP contribution in [0.25, 0.3) is 0 Å². The molecule has 130 valence electrons. The summed E-state index contributed by atoms with van der Waals surface area (Å²) in [6.45, 7) is 7.56. The molecule has 1 rings (SSSR count). The molecule has 6 nitrogen and oxygen atoms in total. The molecule has 0 aromatic heterocycles. The molecule has 1 atom stereocenters. The molecule has 0 radical (unpaired) electrons. The summed E-state index contributed by atoms with van der Waals surface area (Å²) in [6.07, 6.45) is -0.952. The quantitative estimate of drug-likeness (QED) is 0.606. The first-order valence-corrected chi connectivity index (χ1v) is 7.19. The molecule has 0 aliphatic carbocycles. The molecule has 1 aromatic carbocycles. The van der Waals surface area contributed by atoms with Crippen molar-refractivity contribution >= 4 is 24.5 Å². The van der Waals surface area contributed by atoms with Gasteiger partial charge in [-0.1, -0.05) is 45.9 Å². The SMILES string of the molecule is CC(C)c1cccc(C(C)C)c1OC(=O)OC[C@H](N)C(=O)O.Cl. The van der Waals surface area contributed by atoms with Gasteiger partial charge in [0, 0.05) is 0 Å². The maximum atomic E-state index is 11.8. The number of hydrogen-bond acceptors (Lipinski definition) is 5. The second kappa shape index (κ2) is 9.37. The molecule has 23 heavy (non-hydrogen) atoms. The van der Waals surface area contributed by atoms with Crippen molar-refractivity contribution in [3.63, 3.8) is 0 Å². The highest BCUT2D eigenvalue weighted by Gasteiger charge is 2.20. The molecular formula is C16H24ClNO5. The van der Waals surface area contributed by atoms with E-state index < -0.39 is 24.8 Å². The Bertz CT molecular complexity index is 519. The number of ether oxygens (including phenoxy) is 2. The maximum absolute atomic E-state index is 11.8.